The van der Waals surface area contributed by atoms with Gasteiger partial charge in [0.2, 0.25) is 0 Å². The van der Waals surface area contributed by atoms with E-state index in [9.17, 15) is 19.3 Å². The zero-order chi connectivity index (χ0) is 19.3. The number of nitrogens with one attached hydrogen (secondary N) is 1. The minimum atomic E-state index is -3.34. The Morgan fingerprint density at radius 1 is 1.35 bits per heavy atom. The lowest BCUT2D eigenvalue weighted by Gasteiger charge is -2.19. The SMILES string of the molecule is CCOP(=O)(COCC1O[C@H](n2cc(C)c(=O)[nH]c2=O)C[C@H]1O)OCC. The maximum absolute atomic E-state index is 12.3. The molecule has 1 aliphatic rings. The van der Waals surface area contributed by atoms with E-state index in [0.717, 1.165) is 0 Å². The largest absolute Gasteiger partial charge is 0.390 e. The Hall–Kier alpha value is -1.29. The van der Waals surface area contributed by atoms with Crippen LogP contribution < -0.4 is 11.2 Å². The Morgan fingerprint density at radius 2 is 2.00 bits per heavy atom. The summed E-state index contributed by atoms with van der Waals surface area (Å²) in [5, 5.41) is 10.1. The van der Waals surface area contributed by atoms with Crippen molar-refractivity contribution in [2.75, 3.05) is 26.2 Å². The van der Waals surface area contributed by atoms with Crippen molar-refractivity contribution in [2.45, 2.75) is 45.6 Å². The molecule has 1 aromatic heterocycles. The summed E-state index contributed by atoms with van der Waals surface area (Å²) in [7, 11) is -3.34. The number of aromatic nitrogens is 2. The van der Waals surface area contributed by atoms with Crippen LogP contribution in [0.5, 0.6) is 0 Å². The van der Waals surface area contributed by atoms with E-state index in [1.807, 2.05) is 0 Å². The van der Waals surface area contributed by atoms with Crippen LogP contribution in [-0.4, -0.2) is 53.0 Å². The van der Waals surface area contributed by atoms with E-state index in [1.54, 1.807) is 20.8 Å². The zero-order valence-electron chi connectivity index (χ0n) is 15.0. The predicted octanol–water partition coefficient (Wildman–Crippen LogP) is 0.734. The van der Waals surface area contributed by atoms with Crippen LogP contribution in [0, 0.1) is 6.92 Å². The molecule has 1 saturated heterocycles. The monoisotopic (exact) mass is 392 g/mol. The van der Waals surface area contributed by atoms with Gasteiger partial charge >= 0.3 is 13.3 Å². The van der Waals surface area contributed by atoms with Gasteiger partial charge in [0.1, 0.15) is 18.7 Å². The number of ether oxygens (including phenoxy) is 2. The summed E-state index contributed by atoms with van der Waals surface area (Å²) in [5.74, 6) is 0. The average molecular weight is 392 g/mol. The predicted molar refractivity (Wildman–Crippen MR) is 92.3 cm³/mol. The number of aliphatic hydroxyl groups is 1. The van der Waals surface area contributed by atoms with E-state index in [1.165, 1.54) is 10.8 Å². The summed E-state index contributed by atoms with van der Waals surface area (Å²) < 4.78 is 34.8. The van der Waals surface area contributed by atoms with Gasteiger partial charge in [0.15, 0.2) is 0 Å². The zero-order valence-corrected chi connectivity index (χ0v) is 15.9. The van der Waals surface area contributed by atoms with Crippen LogP contribution in [0.15, 0.2) is 15.8 Å². The molecule has 2 N–H and O–H groups in total. The van der Waals surface area contributed by atoms with Gasteiger partial charge in [-0.05, 0) is 20.8 Å². The maximum Gasteiger partial charge on any atom is 0.356 e. The first kappa shape index (κ1) is 21.0. The molecule has 1 unspecified atom stereocenters. The molecule has 0 radical (unpaired) electrons. The second-order valence-corrected chi connectivity index (χ2v) is 7.85. The Kier molecular flexibility index (Phi) is 7.33. The number of aryl methyl sites for hydroxylation is 1. The minimum Gasteiger partial charge on any atom is -0.390 e. The van der Waals surface area contributed by atoms with Gasteiger partial charge in [-0.3, -0.25) is 18.9 Å². The first-order chi connectivity index (χ1) is 12.3. The lowest BCUT2D eigenvalue weighted by atomic mass is 10.2. The van der Waals surface area contributed by atoms with E-state index in [2.05, 4.69) is 4.98 Å². The third-order valence-corrected chi connectivity index (χ3v) is 5.65. The van der Waals surface area contributed by atoms with Gasteiger partial charge in [0.25, 0.3) is 5.56 Å². The van der Waals surface area contributed by atoms with Crippen LogP contribution in [0.3, 0.4) is 0 Å². The number of nitrogens with zero attached hydrogens (tertiary/aromatic N) is 1. The fourth-order valence-corrected chi connectivity index (χ4v) is 3.96. The van der Waals surface area contributed by atoms with Gasteiger partial charge in [-0.1, -0.05) is 0 Å². The maximum atomic E-state index is 12.3. The second kappa shape index (κ2) is 9.07. The summed E-state index contributed by atoms with van der Waals surface area (Å²) >= 11 is 0. The van der Waals surface area contributed by atoms with Crippen molar-refractivity contribution in [1.29, 1.82) is 0 Å². The van der Waals surface area contributed by atoms with Crippen LogP contribution in [0.4, 0.5) is 0 Å². The molecule has 3 atom stereocenters. The van der Waals surface area contributed by atoms with E-state index in [4.69, 9.17) is 18.5 Å². The van der Waals surface area contributed by atoms with E-state index in [0.29, 0.717) is 5.56 Å². The molecule has 1 aliphatic heterocycles. The smallest absolute Gasteiger partial charge is 0.356 e. The number of H-pyrrole nitrogens is 1. The van der Waals surface area contributed by atoms with Gasteiger partial charge in [0, 0.05) is 18.2 Å². The van der Waals surface area contributed by atoms with Crippen LogP contribution >= 0.6 is 7.60 Å². The second-order valence-electron chi connectivity index (χ2n) is 5.86. The molecule has 0 bridgehead atoms. The van der Waals surface area contributed by atoms with Crippen LogP contribution in [-0.2, 0) is 23.1 Å². The van der Waals surface area contributed by atoms with Gasteiger partial charge in [-0.25, -0.2) is 4.79 Å². The Labute approximate surface area is 150 Å². The van der Waals surface area contributed by atoms with E-state index < -0.39 is 37.3 Å². The van der Waals surface area contributed by atoms with Crippen molar-refractivity contribution in [3.8, 4) is 0 Å². The highest BCUT2D eigenvalue weighted by atomic mass is 31.2. The third-order valence-electron chi connectivity index (χ3n) is 3.84. The molecule has 1 fully saturated rings. The molecule has 1 aromatic rings. The van der Waals surface area contributed by atoms with Gasteiger partial charge in [0.05, 0.1) is 25.9 Å². The van der Waals surface area contributed by atoms with Crippen LogP contribution in [0.2, 0.25) is 0 Å². The molecule has 26 heavy (non-hydrogen) atoms. The fourth-order valence-electron chi connectivity index (χ4n) is 2.62. The van der Waals surface area contributed by atoms with Crippen LogP contribution in [0.1, 0.15) is 32.1 Å². The standard InChI is InChI=1S/C15H25N2O8P/c1-4-23-26(21,24-5-2)9-22-8-12-11(18)6-13(25-12)17-7-10(3)14(19)16-15(17)20/h7,11-13,18H,4-6,8-9H2,1-3H3,(H,16,19,20)/t11-,12?,13+/m1/s1. The number of aliphatic hydroxyl groups excluding tert-OH is 1. The van der Waals surface area contributed by atoms with Gasteiger partial charge in [-0.2, -0.15) is 0 Å². The van der Waals surface area contributed by atoms with Crippen LogP contribution in [0.25, 0.3) is 0 Å². The van der Waals surface area contributed by atoms with E-state index >= 15 is 0 Å². The van der Waals surface area contributed by atoms with Crippen molar-refractivity contribution < 1.29 is 28.2 Å². The van der Waals surface area contributed by atoms with E-state index in [-0.39, 0.29) is 32.6 Å². The number of hydrogen-bond donors (Lipinski definition) is 2. The molecule has 2 heterocycles. The summed E-state index contributed by atoms with van der Waals surface area (Å²) in [6.45, 7) is 5.37. The van der Waals surface area contributed by atoms with Gasteiger partial charge < -0.3 is 23.6 Å². The average Bonchev–Trinajstić information content (AvgIpc) is 2.92. The fraction of sp³-hybridized carbons (Fsp3) is 0.733. The first-order valence-electron chi connectivity index (χ1n) is 8.41. The van der Waals surface area contributed by atoms with Gasteiger partial charge in [-0.15, -0.1) is 0 Å². The number of rotatable bonds is 9. The highest BCUT2D eigenvalue weighted by molar-refractivity contribution is 7.53. The molecule has 11 heteroatoms. The Bertz CT molecular complexity index is 751. The van der Waals surface area contributed by atoms with Crippen molar-refractivity contribution in [1.82, 2.24) is 9.55 Å². The minimum absolute atomic E-state index is 0.0428. The quantitative estimate of drug-likeness (QED) is 0.589. The van der Waals surface area contributed by atoms with Crippen molar-refractivity contribution in [3.05, 3.63) is 32.6 Å². The number of aromatic amines is 1. The third kappa shape index (κ3) is 5.12. The highest BCUT2D eigenvalue weighted by Crippen LogP contribution is 2.48. The molecule has 2 rings (SSSR count). The van der Waals surface area contributed by atoms with Crippen molar-refractivity contribution in [2.24, 2.45) is 0 Å². The topological polar surface area (TPSA) is 129 Å². The lowest BCUT2D eigenvalue weighted by Crippen LogP contribution is -2.33. The summed E-state index contributed by atoms with van der Waals surface area (Å²) in [6, 6.07) is 0. The molecule has 0 aromatic carbocycles. The molecular weight excluding hydrogens is 367 g/mol. The van der Waals surface area contributed by atoms with Crippen molar-refractivity contribution in [3.63, 3.8) is 0 Å². The van der Waals surface area contributed by atoms with Crippen molar-refractivity contribution >= 4 is 7.60 Å². The molecule has 0 aliphatic carbocycles. The summed E-state index contributed by atoms with van der Waals surface area (Å²) in [6.07, 6.45) is -1.03. The Balaban J connectivity index is 1.97. The summed E-state index contributed by atoms with van der Waals surface area (Å²) in [4.78, 5) is 25.6. The normalized spacial score (nSPS) is 23.5. The molecule has 0 spiro atoms. The molecule has 10 nitrogen and oxygen atoms in total. The molecular formula is C15H25N2O8P. The lowest BCUT2D eigenvalue weighted by molar-refractivity contribution is -0.0593. The first-order valence-corrected chi connectivity index (χ1v) is 10.1. The molecule has 0 saturated carbocycles. The molecule has 148 valence electrons. The molecule has 0 amide bonds. The number of hydrogen-bond acceptors (Lipinski definition) is 8. The Morgan fingerprint density at radius 3 is 2.62 bits per heavy atom. The highest BCUT2D eigenvalue weighted by Gasteiger charge is 2.36. The summed E-state index contributed by atoms with van der Waals surface area (Å²) in [5.41, 5.74) is -0.722.